The summed E-state index contributed by atoms with van der Waals surface area (Å²) in [6, 6.07) is 2.24. The van der Waals surface area contributed by atoms with Crippen molar-refractivity contribution in [3.05, 3.63) is 11.6 Å². The minimum atomic E-state index is -0.264. The smallest absolute Gasteiger partial charge is 0.0911 e. The number of hydrogen-bond acceptors (Lipinski definition) is 3. The molecule has 4 aliphatic carbocycles. The van der Waals surface area contributed by atoms with E-state index in [0.717, 1.165) is 32.1 Å². The number of rotatable bonds is 0. The van der Waals surface area contributed by atoms with Gasteiger partial charge in [0.25, 0.3) is 0 Å². The van der Waals surface area contributed by atoms with E-state index in [9.17, 15) is 10.2 Å². The highest BCUT2D eigenvalue weighted by molar-refractivity contribution is 5.29. The summed E-state index contributed by atoms with van der Waals surface area (Å²) >= 11 is 0. The quantitative estimate of drug-likeness (QED) is 0.664. The molecule has 24 heavy (non-hydrogen) atoms. The van der Waals surface area contributed by atoms with Crippen molar-refractivity contribution in [2.45, 2.75) is 77.4 Å². The molecule has 4 rings (SSSR count). The van der Waals surface area contributed by atoms with Gasteiger partial charge in [-0.25, -0.2) is 0 Å². The largest absolute Gasteiger partial charge is 0.393 e. The molecule has 0 spiro atoms. The minimum absolute atomic E-state index is 0.0215. The predicted octanol–water partition coefficient (Wildman–Crippen LogP) is 3.81. The Kier molecular flexibility index (Phi) is 3.86. The Labute approximate surface area is 145 Å². The molecule has 0 radical (unpaired) electrons. The Balaban J connectivity index is 1.69. The zero-order valence-corrected chi connectivity index (χ0v) is 15.0. The van der Waals surface area contributed by atoms with Gasteiger partial charge in [0.15, 0.2) is 0 Å². The van der Waals surface area contributed by atoms with Crippen LogP contribution in [0.2, 0.25) is 0 Å². The monoisotopic (exact) mass is 329 g/mol. The molecule has 0 aliphatic heterocycles. The van der Waals surface area contributed by atoms with Crippen LogP contribution in [-0.2, 0) is 0 Å². The van der Waals surface area contributed by atoms with E-state index in [1.54, 1.807) is 6.08 Å². The Morgan fingerprint density at radius 2 is 1.96 bits per heavy atom. The lowest BCUT2D eigenvalue weighted by atomic mass is 9.44. The molecule has 4 saturated carbocycles. The Morgan fingerprint density at radius 1 is 1.17 bits per heavy atom. The first-order valence-electron chi connectivity index (χ1n) is 9.85. The number of aliphatic hydroxyl groups excluding tert-OH is 2. The van der Waals surface area contributed by atoms with Gasteiger partial charge in [-0.2, -0.15) is 5.26 Å². The Hall–Kier alpha value is -0.850. The topological polar surface area (TPSA) is 64.2 Å². The van der Waals surface area contributed by atoms with Crippen LogP contribution < -0.4 is 0 Å². The second-order valence-electron chi connectivity index (χ2n) is 9.53. The number of hydrogen-bond donors (Lipinski definition) is 2. The molecule has 0 bridgehead atoms. The van der Waals surface area contributed by atoms with E-state index in [4.69, 9.17) is 5.26 Å². The summed E-state index contributed by atoms with van der Waals surface area (Å²) in [6.07, 6.45) is 9.65. The zero-order chi connectivity index (χ0) is 17.1. The molecule has 8 unspecified atom stereocenters. The third-order valence-electron chi connectivity index (χ3n) is 8.66. The summed E-state index contributed by atoms with van der Waals surface area (Å²) < 4.78 is 0. The summed E-state index contributed by atoms with van der Waals surface area (Å²) in [7, 11) is 0. The normalized spacial score (nSPS) is 55.4. The maximum Gasteiger partial charge on any atom is 0.0911 e. The van der Waals surface area contributed by atoms with E-state index in [2.05, 4.69) is 19.9 Å². The van der Waals surface area contributed by atoms with Crippen molar-refractivity contribution in [1.29, 1.82) is 5.26 Å². The van der Waals surface area contributed by atoms with Gasteiger partial charge >= 0.3 is 0 Å². The highest BCUT2D eigenvalue weighted by atomic mass is 16.3. The average molecular weight is 329 g/mol. The van der Waals surface area contributed by atoms with E-state index < -0.39 is 0 Å². The third kappa shape index (κ3) is 2.15. The molecule has 0 saturated heterocycles. The van der Waals surface area contributed by atoms with Crippen molar-refractivity contribution in [3.8, 4) is 6.07 Å². The zero-order valence-electron chi connectivity index (χ0n) is 15.0. The van der Waals surface area contributed by atoms with Crippen molar-refractivity contribution in [1.82, 2.24) is 0 Å². The predicted molar refractivity (Wildman–Crippen MR) is 92.8 cm³/mol. The summed E-state index contributed by atoms with van der Waals surface area (Å²) in [5.74, 6) is 2.15. The van der Waals surface area contributed by atoms with Crippen molar-refractivity contribution < 1.29 is 10.2 Å². The highest BCUT2D eigenvalue weighted by Crippen LogP contribution is 2.67. The van der Waals surface area contributed by atoms with Gasteiger partial charge in [-0.1, -0.05) is 19.4 Å². The molecule has 0 aromatic heterocycles. The number of nitriles is 1. The van der Waals surface area contributed by atoms with Gasteiger partial charge in [-0.05, 0) is 85.9 Å². The van der Waals surface area contributed by atoms with Gasteiger partial charge in [-0.15, -0.1) is 0 Å². The molecule has 3 nitrogen and oxygen atoms in total. The standard InChI is InChI=1S/C21H31NO2/c1-20-9-7-15(23)11-14(20)3-5-16-17-6-4-13(8-10-22)21(17,2)12-18(24)19(16)20/h8,14-19,23-24H,3-7,9,11-12H2,1-2H3. The lowest BCUT2D eigenvalue weighted by Gasteiger charge is -2.61. The van der Waals surface area contributed by atoms with Crippen LogP contribution in [0.15, 0.2) is 11.6 Å². The molecule has 0 aromatic rings. The molecule has 4 fully saturated rings. The van der Waals surface area contributed by atoms with E-state index in [-0.39, 0.29) is 23.0 Å². The van der Waals surface area contributed by atoms with Crippen molar-refractivity contribution in [3.63, 3.8) is 0 Å². The number of aliphatic hydroxyl groups is 2. The van der Waals surface area contributed by atoms with Gasteiger partial charge in [0, 0.05) is 6.08 Å². The fourth-order valence-corrected chi connectivity index (χ4v) is 7.52. The maximum atomic E-state index is 11.2. The molecule has 8 atom stereocenters. The Bertz CT molecular complexity index is 593. The van der Waals surface area contributed by atoms with Crippen molar-refractivity contribution in [2.24, 2.45) is 34.5 Å². The van der Waals surface area contributed by atoms with Crippen LogP contribution in [0.25, 0.3) is 0 Å². The third-order valence-corrected chi connectivity index (χ3v) is 8.66. The summed E-state index contributed by atoms with van der Waals surface area (Å²) in [4.78, 5) is 0. The van der Waals surface area contributed by atoms with Gasteiger partial charge in [-0.3, -0.25) is 0 Å². The van der Waals surface area contributed by atoms with E-state index in [1.165, 1.54) is 24.8 Å². The molecular formula is C21H31NO2. The molecule has 0 aromatic carbocycles. The second kappa shape index (κ2) is 5.58. The van der Waals surface area contributed by atoms with E-state index in [1.807, 2.05) is 0 Å². The minimum Gasteiger partial charge on any atom is -0.393 e. The molecule has 0 amide bonds. The fourth-order valence-electron chi connectivity index (χ4n) is 7.52. The van der Waals surface area contributed by atoms with Crippen molar-refractivity contribution in [2.75, 3.05) is 0 Å². The molecule has 132 valence electrons. The first-order chi connectivity index (χ1) is 11.4. The van der Waals surface area contributed by atoms with Crippen LogP contribution >= 0.6 is 0 Å². The van der Waals surface area contributed by atoms with Gasteiger partial charge in [0.2, 0.25) is 0 Å². The summed E-state index contributed by atoms with van der Waals surface area (Å²) in [6.45, 7) is 4.69. The van der Waals surface area contributed by atoms with Gasteiger partial charge < -0.3 is 10.2 Å². The highest BCUT2D eigenvalue weighted by Gasteiger charge is 2.61. The molecule has 4 aliphatic rings. The van der Waals surface area contributed by atoms with E-state index in [0.29, 0.717) is 23.7 Å². The van der Waals surface area contributed by atoms with Crippen LogP contribution in [0.5, 0.6) is 0 Å². The Morgan fingerprint density at radius 3 is 2.71 bits per heavy atom. The van der Waals surface area contributed by atoms with Gasteiger partial charge in [0.1, 0.15) is 0 Å². The van der Waals surface area contributed by atoms with Crippen LogP contribution in [0.1, 0.15) is 65.2 Å². The number of fused-ring (bicyclic) bond motifs is 5. The van der Waals surface area contributed by atoms with Gasteiger partial charge in [0.05, 0.1) is 18.3 Å². The molecule has 0 heterocycles. The first kappa shape index (κ1) is 16.6. The van der Waals surface area contributed by atoms with Crippen LogP contribution in [0, 0.1) is 45.8 Å². The average Bonchev–Trinajstić information content (AvgIpc) is 2.84. The van der Waals surface area contributed by atoms with Crippen molar-refractivity contribution >= 4 is 0 Å². The molecular weight excluding hydrogens is 298 g/mol. The lowest BCUT2D eigenvalue weighted by Crippen LogP contribution is -2.58. The number of allylic oxidation sites excluding steroid dienone is 2. The summed E-state index contributed by atoms with van der Waals surface area (Å²) in [5.41, 5.74) is 1.48. The van der Waals surface area contributed by atoms with Crippen LogP contribution in [-0.4, -0.2) is 22.4 Å². The van der Waals surface area contributed by atoms with E-state index >= 15 is 0 Å². The van der Waals surface area contributed by atoms with Crippen LogP contribution in [0.4, 0.5) is 0 Å². The maximum absolute atomic E-state index is 11.2. The molecule has 2 N–H and O–H groups in total. The van der Waals surface area contributed by atoms with Crippen LogP contribution in [0.3, 0.4) is 0 Å². The SMILES string of the molecule is CC12CC(O)C3C(CCC4CC(O)CCC43C)C1CCC2=CC#N. The fraction of sp³-hybridized carbons (Fsp3) is 0.857. The first-order valence-corrected chi connectivity index (χ1v) is 9.85. The number of nitrogens with zero attached hydrogens (tertiary/aromatic N) is 1. The summed E-state index contributed by atoms with van der Waals surface area (Å²) in [5, 5.41) is 30.4. The second-order valence-corrected chi connectivity index (χ2v) is 9.53. The lowest BCUT2D eigenvalue weighted by molar-refractivity contribution is -0.167. The molecule has 3 heteroatoms.